The fraction of sp³-hybridized carbons (Fsp3) is 0.562. The van der Waals surface area contributed by atoms with Gasteiger partial charge in [0.2, 0.25) is 6.43 Å². The molecule has 2 N–H and O–H groups in total. The summed E-state index contributed by atoms with van der Waals surface area (Å²) >= 11 is 5.83. The van der Waals surface area contributed by atoms with Gasteiger partial charge in [-0.05, 0) is 38.0 Å². The van der Waals surface area contributed by atoms with Gasteiger partial charge in [0.25, 0.3) is 0 Å². The average molecular weight is 334 g/mol. The smallest absolute Gasteiger partial charge is 0.331 e. The van der Waals surface area contributed by atoms with Gasteiger partial charge in [0.05, 0.1) is 6.10 Å². The summed E-state index contributed by atoms with van der Waals surface area (Å²) in [4.78, 5) is 12.4. The summed E-state index contributed by atoms with van der Waals surface area (Å²) in [5, 5.41) is 0.469. The van der Waals surface area contributed by atoms with Crippen LogP contribution in [0.15, 0.2) is 24.3 Å². The van der Waals surface area contributed by atoms with Crippen LogP contribution in [0.5, 0.6) is 0 Å². The third-order valence-corrected chi connectivity index (χ3v) is 3.64. The minimum Gasteiger partial charge on any atom is -0.461 e. The molecule has 0 aliphatic rings. The van der Waals surface area contributed by atoms with Crippen LogP contribution in [0.3, 0.4) is 0 Å². The molecule has 0 aliphatic carbocycles. The van der Waals surface area contributed by atoms with Gasteiger partial charge in [-0.3, -0.25) is 0 Å². The first-order chi connectivity index (χ1) is 9.99. The normalized spacial score (nSPS) is 15.0. The first-order valence-electron chi connectivity index (χ1n) is 7.03. The Morgan fingerprint density at radius 1 is 1.27 bits per heavy atom. The highest BCUT2D eigenvalue weighted by Crippen LogP contribution is 2.39. The van der Waals surface area contributed by atoms with Crippen molar-refractivity contribution in [2.24, 2.45) is 11.1 Å². The molecule has 0 aromatic heterocycles. The second-order valence-corrected chi connectivity index (χ2v) is 6.83. The lowest BCUT2D eigenvalue weighted by Gasteiger charge is -2.36. The third-order valence-electron chi connectivity index (χ3n) is 3.39. The lowest BCUT2D eigenvalue weighted by molar-refractivity contribution is -0.157. The topological polar surface area (TPSA) is 52.3 Å². The van der Waals surface area contributed by atoms with Gasteiger partial charge < -0.3 is 10.5 Å². The van der Waals surface area contributed by atoms with Crippen molar-refractivity contribution in [2.45, 2.75) is 52.2 Å². The second-order valence-electron chi connectivity index (χ2n) is 6.40. The first kappa shape index (κ1) is 18.8. The Balaban J connectivity index is 3.25. The number of carbonyl (C=O) groups is 1. The van der Waals surface area contributed by atoms with Crippen molar-refractivity contribution in [1.29, 1.82) is 0 Å². The molecule has 0 saturated carbocycles. The molecule has 22 heavy (non-hydrogen) atoms. The van der Waals surface area contributed by atoms with E-state index in [0.29, 0.717) is 10.6 Å². The molecule has 0 saturated heterocycles. The number of alkyl halides is 2. The highest BCUT2D eigenvalue weighted by Gasteiger charge is 2.46. The lowest BCUT2D eigenvalue weighted by atomic mass is 9.75. The summed E-state index contributed by atoms with van der Waals surface area (Å²) in [6.45, 7) is 6.10. The maximum Gasteiger partial charge on any atom is 0.331 e. The monoisotopic (exact) mass is 333 g/mol. The number of hydrogen-bond donors (Lipinski definition) is 1. The van der Waals surface area contributed by atoms with Crippen LogP contribution in [-0.2, 0) is 15.1 Å². The summed E-state index contributed by atoms with van der Waals surface area (Å²) in [6.07, 6.45) is -3.25. The van der Waals surface area contributed by atoms with Gasteiger partial charge in [-0.1, -0.05) is 37.6 Å². The molecule has 0 amide bonds. The van der Waals surface area contributed by atoms with Crippen LogP contribution in [-0.4, -0.2) is 18.5 Å². The van der Waals surface area contributed by atoms with E-state index >= 15 is 0 Å². The van der Waals surface area contributed by atoms with E-state index in [1.165, 1.54) is 13.8 Å². The van der Waals surface area contributed by atoms with Crippen molar-refractivity contribution < 1.29 is 18.3 Å². The third kappa shape index (κ3) is 4.40. The number of carbonyl (C=O) groups excluding carboxylic acids is 1. The summed E-state index contributed by atoms with van der Waals surface area (Å²) in [6, 6.07) is 6.25. The zero-order valence-corrected chi connectivity index (χ0v) is 14.0. The predicted molar refractivity (Wildman–Crippen MR) is 82.9 cm³/mol. The van der Waals surface area contributed by atoms with E-state index in [9.17, 15) is 13.6 Å². The maximum atomic E-state index is 13.2. The molecule has 3 nitrogen and oxygen atoms in total. The minimum atomic E-state index is -2.62. The average Bonchev–Trinajstić information content (AvgIpc) is 2.37. The number of hydrogen-bond acceptors (Lipinski definition) is 3. The second kappa shape index (κ2) is 6.92. The Hall–Kier alpha value is -1.20. The van der Waals surface area contributed by atoms with E-state index in [-0.39, 0.29) is 6.42 Å². The Labute approximate surface area is 134 Å². The SMILES string of the molecule is CC(C)OC(=O)C(N)(CC(C)(C)C(F)F)c1ccc(Cl)cc1. The van der Waals surface area contributed by atoms with E-state index in [0.717, 1.165) is 0 Å². The molecular formula is C16H22ClF2NO2. The zero-order valence-electron chi connectivity index (χ0n) is 13.2. The molecular weight excluding hydrogens is 312 g/mol. The molecule has 0 fully saturated rings. The Kier molecular flexibility index (Phi) is 5.93. The molecule has 1 unspecified atom stereocenters. The molecule has 0 aliphatic heterocycles. The molecule has 1 aromatic carbocycles. The van der Waals surface area contributed by atoms with Gasteiger partial charge in [-0.2, -0.15) is 0 Å². The fourth-order valence-corrected chi connectivity index (χ4v) is 2.28. The summed E-state index contributed by atoms with van der Waals surface area (Å²) < 4.78 is 31.6. The highest BCUT2D eigenvalue weighted by atomic mass is 35.5. The molecule has 6 heteroatoms. The van der Waals surface area contributed by atoms with Crippen molar-refractivity contribution in [1.82, 2.24) is 0 Å². The molecule has 1 aromatic rings. The summed E-state index contributed by atoms with van der Waals surface area (Å²) in [7, 11) is 0. The first-order valence-corrected chi connectivity index (χ1v) is 7.41. The van der Waals surface area contributed by atoms with Crippen molar-refractivity contribution in [2.75, 3.05) is 0 Å². The molecule has 0 bridgehead atoms. The van der Waals surface area contributed by atoms with Gasteiger partial charge in [0, 0.05) is 10.4 Å². The zero-order chi connectivity index (χ0) is 17.1. The van der Waals surface area contributed by atoms with Crippen LogP contribution in [0, 0.1) is 5.41 Å². The largest absolute Gasteiger partial charge is 0.461 e. The van der Waals surface area contributed by atoms with Crippen LogP contribution >= 0.6 is 11.6 Å². The lowest BCUT2D eigenvalue weighted by Crippen LogP contribution is -2.50. The van der Waals surface area contributed by atoms with Crippen molar-refractivity contribution >= 4 is 17.6 Å². The van der Waals surface area contributed by atoms with E-state index in [2.05, 4.69) is 0 Å². The standard InChI is InChI=1S/C16H22ClF2NO2/c1-10(2)22-14(21)16(20,9-15(3,4)13(18)19)11-5-7-12(17)8-6-11/h5-8,10,13H,9,20H2,1-4H3. The van der Waals surface area contributed by atoms with E-state index in [4.69, 9.17) is 22.1 Å². The quantitative estimate of drug-likeness (QED) is 0.796. The number of halogens is 3. The van der Waals surface area contributed by atoms with E-state index < -0.39 is 29.5 Å². The maximum absolute atomic E-state index is 13.2. The van der Waals surface area contributed by atoms with Crippen molar-refractivity contribution in [3.8, 4) is 0 Å². The van der Waals surface area contributed by atoms with Crippen LogP contribution in [0.2, 0.25) is 5.02 Å². The van der Waals surface area contributed by atoms with Crippen molar-refractivity contribution in [3.05, 3.63) is 34.9 Å². The number of nitrogens with two attached hydrogens (primary N) is 1. The fourth-order valence-electron chi connectivity index (χ4n) is 2.15. The molecule has 1 atom stereocenters. The van der Waals surface area contributed by atoms with Gasteiger partial charge >= 0.3 is 5.97 Å². The van der Waals surface area contributed by atoms with Gasteiger partial charge in [0.15, 0.2) is 0 Å². The van der Waals surface area contributed by atoms with Crippen LogP contribution < -0.4 is 5.73 Å². The Bertz CT molecular complexity index is 517. The predicted octanol–water partition coefficient (Wildman–Crippen LogP) is 4.13. The van der Waals surface area contributed by atoms with E-state index in [1.54, 1.807) is 38.1 Å². The van der Waals surface area contributed by atoms with Crippen LogP contribution in [0.25, 0.3) is 0 Å². The van der Waals surface area contributed by atoms with Crippen molar-refractivity contribution in [3.63, 3.8) is 0 Å². The highest BCUT2D eigenvalue weighted by molar-refractivity contribution is 6.30. The number of ether oxygens (including phenoxy) is 1. The molecule has 0 spiro atoms. The molecule has 1 rings (SSSR count). The molecule has 0 radical (unpaired) electrons. The van der Waals surface area contributed by atoms with E-state index in [1.807, 2.05) is 0 Å². The molecule has 0 heterocycles. The van der Waals surface area contributed by atoms with Crippen LogP contribution in [0.1, 0.15) is 39.7 Å². The number of benzene rings is 1. The van der Waals surface area contributed by atoms with Gasteiger partial charge in [-0.25, -0.2) is 13.6 Å². The summed E-state index contributed by atoms with van der Waals surface area (Å²) in [5.74, 6) is -0.724. The number of esters is 1. The number of rotatable bonds is 6. The van der Waals surface area contributed by atoms with Gasteiger partial charge in [0.1, 0.15) is 5.54 Å². The summed E-state index contributed by atoms with van der Waals surface area (Å²) in [5.41, 5.74) is 3.54. The van der Waals surface area contributed by atoms with Crippen LogP contribution in [0.4, 0.5) is 8.78 Å². The molecule has 124 valence electrons. The van der Waals surface area contributed by atoms with Gasteiger partial charge in [-0.15, -0.1) is 0 Å². The Morgan fingerprint density at radius 3 is 2.18 bits per heavy atom. The Morgan fingerprint density at radius 2 is 1.77 bits per heavy atom. The minimum absolute atomic E-state index is 0.245.